The molecule has 2 N–H and O–H groups in total. The molecule has 0 aliphatic heterocycles. The monoisotopic (exact) mass is 447 g/mol. The number of benzene rings is 3. The summed E-state index contributed by atoms with van der Waals surface area (Å²) in [5.41, 5.74) is 2.94. The van der Waals surface area contributed by atoms with Crippen LogP contribution in [0.15, 0.2) is 69.9 Å². The number of ether oxygens (including phenoxy) is 3. The summed E-state index contributed by atoms with van der Waals surface area (Å²) >= 11 is 0. The molecule has 0 saturated heterocycles. The lowest BCUT2D eigenvalue weighted by Crippen LogP contribution is -2.14. The van der Waals surface area contributed by atoms with Crippen LogP contribution in [0.1, 0.15) is 11.1 Å². The first-order chi connectivity index (χ1) is 16.0. The van der Waals surface area contributed by atoms with Crippen LogP contribution in [0.2, 0.25) is 0 Å². The molecule has 3 aromatic carbocycles. The third-order valence-corrected chi connectivity index (χ3v) is 5.47. The number of aromatic hydroxyl groups is 1. The Labute approximate surface area is 191 Å². The average Bonchev–Trinajstić information content (AvgIpc) is 2.84. The Hall–Kier alpha value is -3.97. The Kier molecular flexibility index (Phi) is 6.51. The minimum Gasteiger partial charge on any atom is -0.507 e. The lowest BCUT2D eigenvalue weighted by atomic mass is 9.99. The first kappa shape index (κ1) is 22.2. The maximum Gasteiger partial charge on any atom is 0.336 e. The van der Waals surface area contributed by atoms with Gasteiger partial charge in [0, 0.05) is 24.5 Å². The molecule has 7 heteroatoms. The molecule has 170 valence electrons. The van der Waals surface area contributed by atoms with Gasteiger partial charge in [-0.3, -0.25) is 0 Å². The number of rotatable bonds is 8. The van der Waals surface area contributed by atoms with Crippen LogP contribution in [0, 0.1) is 0 Å². The molecule has 1 heterocycles. The van der Waals surface area contributed by atoms with Crippen LogP contribution in [-0.2, 0) is 13.1 Å². The van der Waals surface area contributed by atoms with Crippen molar-refractivity contribution in [3.05, 3.63) is 82.2 Å². The Morgan fingerprint density at radius 2 is 1.61 bits per heavy atom. The van der Waals surface area contributed by atoms with Crippen molar-refractivity contribution in [2.24, 2.45) is 0 Å². The molecule has 0 atom stereocenters. The van der Waals surface area contributed by atoms with Crippen molar-refractivity contribution in [3.63, 3.8) is 0 Å². The molecular formula is C26H25NO6. The van der Waals surface area contributed by atoms with Crippen molar-refractivity contribution in [1.82, 2.24) is 5.32 Å². The number of phenols is 1. The summed E-state index contributed by atoms with van der Waals surface area (Å²) in [5.74, 6) is 2.07. The normalized spacial score (nSPS) is 10.9. The zero-order valence-electron chi connectivity index (χ0n) is 18.7. The van der Waals surface area contributed by atoms with E-state index in [9.17, 15) is 9.90 Å². The fraction of sp³-hybridized carbons (Fsp3) is 0.192. The number of hydrogen-bond acceptors (Lipinski definition) is 7. The summed E-state index contributed by atoms with van der Waals surface area (Å²) in [7, 11) is 4.78. The van der Waals surface area contributed by atoms with Crippen LogP contribution in [0.4, 0.5) is 0 Å². The van der Waals surface area contributed by atoms with E-state index in [1.54, 1.807) is 33.5 Å². The van der Waals surface area contributed by atoms with Crippen LogP contribution < -0.4 is 25.2 Å². The Bertz CT molecular complexity index is 1330. The van der Waals surface area contributed by atoms with Crippen molar-refractivity contribution >= 4 is 11.0 Å². The van der Waals surface area contributed by atoms with Crippen LogP contribution in [-0.4, -0.2) is 26.4 Å². The van der Waals surface area contributed by atoms with Gasteiger partial charge in [0.2, 0.25) is 0 Å². The van der Waals surface area contributed by atoms with Crippen molar-refractivity contribution < 1.29 is 23.7 Å². The molecule has 0 saturated carbocycles. The highest BCUT2D eigenvalue weighted by atomic mass is 16.5. The molecule has 0 amide bonds. The number of nitrogens with one attached hydrogen (secondary N) is 1. The average molecular weight is 447 g/mol. The Balaban J connectivity index is 1.64. The van der Waals surface area contributed by atoms with Gasteiger partial charge in [-0.15, -0.1) is 0 Å². The highest BCUT2D eigenvalue weighted by Gasteiger charge is 2.15. The SMILES string of the molecule is COc1ccc(-c2cc(=O)oc3c(CNCc4ccc(OC)c(OC)c4)c(O)ccc23)cc1. The molecule has 0 spiro atoms. The topological polar surface area (TPSA) is 90.2 Å². The Morgan fingerprint density at radius 1 is 0.848 bits per heavy atom. The molecule has 0 fully saturated rings. The molecular weight excluding hydrogens is 422 g/mol. The van der Waals surface area contributed by atoms with Crippen molar-refractivity contribution in [1.29, 1.82) is 0 Å². The van der Waals surface area contributed by atoms with Gasteiger partial charge in [-0.2, -0.15) is 0 Å². The second-order valence-electron chi connectivity index (χ2n) is 7.44. The van der Waals surface area contributed by atoms with E-state index in [0.29, 0.717) is 35.7 Å². The quantitative estimate of drug-likeness (QED) is 0.385. The molecule has 0 unspecified atom stereocenters. The zero-order valence-corrected chi connectivity index (χ0v) is 18.7. The molecule has 0 aliphatic carbocycles. The van der Waals surface area contributed by atoms with E-state index in [-0.39, 0.29) is 5.75 Å². The van der Waals surface area contributed by atoms with Gasteiger partial charge < -0.3 is 29.1 Å². The first-order valence-corrected chi connectivity index (χ1v) is 10.4. The second kappa shape index (κ2) is 9.67. The molecule has 7 nitrogen and oxygen atoms in total. The van der Waals surface area contributed by atoms with Gasteiger partial charge in [-0.25, -0.2) is 4.79 Å². The molecule has 0 bridgehead atoms. The number of phenolic OH excluding ortho intramolecular Hbond substituents is 1. The lowest BCUT2D eigenvalue weighted by molar-refractivity contribution is 0.354. The van der Waals surface area contributed by atoms with E-state index in [2.05, 4.69) is 5.32 Å². The predicted molar refractivity (Wildman–Crippen MR) is 126 cm³/mol. The summed E-state index contributed by atoms with van der Waals surface area (Å²) < 4.78 is 21.4. The Morgan fingerprint density at radius 3 is 2.30 bits per heavy atom. The predicted octanol–water partition coefficient (Wildman–Crippen LogP) is 4.48. The molecule has 0 aliphatic rings. The third kappa shape index (κ3) is 4.63. The maximum atomic E-state index is 12.4. The maximum absolute atomic E-state index is 12.4. The molecule has 4 rings (SSSR count). The van der Waals surface area contributed by atoms with Crippen molar-refractivity contribution in [2.45, 2.75) is 13.1 Å². The number of fused-ring (bicyclic) bond motifs is 1. The fourth-order valence-electron chi connectivity index (χ4n) is 3.77. The molecule has 0 radical (unpaired) electrons. The van der Waals surface area contributed by atoms with E-state index in [1.807, 2.05) is 42.5 Å². The van der Waals surface area contributed by atoms with Gasteiger partial charge in [0.1, 0.15) is 17.1 Å². The summed E-state index contributed by atoms with van der Waals surface area (Å²) in [4.78, 5) is 12.4. The minimum absolute atomic E-state index is 0.0531. The summed E-state index contributed by atoms with van der Waals surface area (Å²) in [6.07, 6.45) is 0. The van der Waals surface area contributed by atoms with Gasteiger partial charge in [0.15, 0.2) is 11.5 Å². The van der Waals surface area contributed by atoms with Gasteiger partial charge in [-0.1, -0.05) is 18.2 Å². The van der Waals surface area contributed by atoms with Gasteiger partial charge >= 0.3 is 5.63 Å². The van der Waals surface area contributed by atoms with Gasteiger partial charge in [-0.05, 0) is 53.1 Å². The van der Waals surface area contributed by atoms with E-state index in [4.69, 9.17) is 18.6 Å². The standard InChI is InChI=1S/C26H25NO6/c1-30-18-7-5-17(6-8-18)20-13-25(29)33-26-19(20)9-10-22(28)21(26)15-27-14-16-4-11-23(31-2)24(12-16)32-3/h4-13,27-28H,14-15H2,1-3H3. The van der Waals surface area contributed by atoms with Crippen LogP contribution in [0.25, 0.3) is 22.1 Å². The molecule has 33 heavy (non-hydrogen) atoms. The fourth-order valence-corrected chi connectivity index (χ4v) is 3.77. The summed E-state index contributed by atoms with van der Waals surface area (Å²) in [6, 6.07) is 17.9. The smallest absolute Gasteiger partial charge is 0.336 e. The lowest BCUT2D eigenvalue weighted by Gasteiger charge is -2.13. The van der Waals surface area contributed by atoms with Crippen molar-refractivity contribution in [2.75, 3.05) is 21.3 Å². The van der Waals surface area contributed by atoms with Crippen molar-refractivity contribution in [3.8, 4) is 34.1 Å². The van der Waals surface area contributed by atoms with Gasteiger partial charge in [0.05, 0.1) is 26.9 Å². The third-order valence-electron chi connectivity index (χ3n) is 5.47. The van der Waals surface area contributed by atoms with Crippen LogP contribution >= 0.6 is 0 Å². The van der Waals surface area contributed by atoms with Crippen LogP contribution in [0.5, 0.6) is 23.0 Å². The summed E-state index contributed by atoms with van der Waals surface area (Å²) in [6.45, 7) is 0.811. The summed E-state index contributed by atoms with van der Waals surface area (Å²) in [5, 5.41) is 14.6. The number of methoxy groups -OCH3 is 3. The first-order valence-electron chi connectivity index (χ1n) is 10.4. The highest BCUT2D eigenvalue weighted by molar-refractivity contribution is 5.95. The van der Waals surface area contributed by atoms with E-state index >= 15 is 0 Å². The minimum atomic E-state index is -0.486. The second-order valence-corrected chi connectivity index (χ2v) is 7.44. The molecule has 4 aromatic rings. The largest absolute Gasteiger partial charge is 0.507 e. The van der Waals surface area contributed by atoms with Crippen LogP contribution in [0.3, 0.4) is 0 Å². The molecule has 1 aromatic heterocycles. The van der Waals surface area contributed by atoms with Gasteiger partial charge in [0.25, 0.3) is 0 Å². The van der Waals surface area contributed by atoms with E-state index in [0.717, 1.165) is 27.8 Å². The highest BCUT2D eigenvalue weighted by Crippen LogP contribution is 2.34. The number of hydrogen-bond donors (Lipinski definition) is 2. The van der Waals surface area contributed by atoms with E-state index < -0.39 is 5.63 Å². The zero-order chi connectivity index (χ0) is 23.4. The van der Waals surface area contributed by atoms with E-state index in [1.165, 1.54) is 6.07 Å².